The number of anilines is 1. The molecule has 0 aromatic heterocycles. The summed E-state index contributed by atoms with van der Waals surface area (Å²) in [4.78, 5) is 2.07. The van der Waals surface area contributed by atoms with E-state index in [-0.39, 0.29) is 24.7 Å². The summed E-state index contributed by atoms with van der Waals surface area (Å²) in [7, 11) is 1.98. The van der Waals surface area contributed by atoms with Gasteiger partial charge in [0.05, 0.1) is 12.6 Å². The Kier molecular flexibility index (Phi) is 5.39. The number of likely N-dealkylation sites (N-methyl/N-ethyl adjacent to an activating group) is 1. The second-order valence-electron chi connectivity index (χ2n) is 6.21. The van der Waals surface area contributed by atoms with Crippen molar-refractivity contribution in [2.45, 2.75) is 45.6 Å². The highest BCUT2D eigenvalue weighted by Crippen LogP contribution is 2.29. The Balaban J connectivity index is 3.11. The minimum Gasteiger partial charge on any atom is -0.396 e. The Morgan fingerprint density at radius 1 is 1.21 bits per heavy atom. The van der Waals surface area contributed by atoms with E-state index < -0.39 is 0 Å². The Hall–Kier alpha value is -1.06. The van der Waals surface area contributed by atoms with Crippen LogP contribution in [0, 0.1) is 6.92 Å². The van der Waals surface area contributed by atoms with Gasteiger partial charge in [0.25, 0.3) is 0 Å². The van der Waals surface area contributed by atoms with Crippen LogP contribution in [-0.4, -0.2) is 36.5 Å². The van der Waals surface area contributed by atoms with Crippen molar-refractivity contribution in [2.75, 3.05) is 25.2 Å². The van der Waals surface area contributed by atoms with Crippen LogP contribution in [0.1, 0.15) is 38.3 Å². The summed E-state index contributed by atoms with van der Waals surface area (Å²) in [5.41, 5.74) is 3.70. The topological polar surface area (TPSA) is 43.7 Å². The van der Waals surface area contributed by atoms with E-state index in [9.17, 15) is 5.11 Å². The van der Waals surface area contributed by atoms with Gasteiger partial charge in [0, 0.05) is 19.3 Å². The van der Waals surface area contributed by atoms with Crippen molar-refractivity contribution in [1.29, 1.82) is 0 Å². The summed E-state index contributed by atoms with van der Waals surface area (Å²) in [6.45, 7) is 8.80. The van der Waals surface area contributed by atoms with Crippen molar-refractivity contribution in [1.82, 2.24) is 0 Å². The minimum atomic E-state index is -0.0427. The number of nitrogens with zero attached hydrogens (tertiary/aromatic N) is 1. The lowest BCUT2D eigenvalue weighted by Gasteiger charge is -2.31. The van der Waals surface area contributed by atoms with Gasteiger partial charge in [-0.05, 0) is 36.0 Å². The highest BCUT2D eigenvalue weighted by molar-refractivity contribution is 5.56. The molecule has 0 fully saturated rings. The van der Waals surface area contributed by atoms with Crippen LogP contribution in [0.2, 0.25) is 0 Å². The average molecular weight is 265 g/mol. The van der Waals surface area contributed by atoms with Crippen molar-refractivity contribution >= 4 is 5.69 Å². The van der Waals surface area contributed by atoms with Crippen molar-refractivity contribution in [3.63, 3.8) is 0 Å². The van der Waals surface area contributed by atoms with Crippen LogP contribution in [0.25, 0.3) is 0 Å². The molecule has 0 amide bonds. The number of benzene rings is 1. The molecule has 1 unspecified atom stereocenters. The first kappa shape index (κ1) is 16.0. The minimum absolute atomic E-state index is 0.0427. The number of hydrogen-bond acceptors (Lipinski definition) is 3. The first-order valence-electron chi connectivity index (χ1n) is 6.87. The molecule has 0 aliphatic heterocycles. The molecular formula is C16H27NO2. The van der Waals surface area contributed by atoms with Crippen molar-refractivity contribution in [2.24, 2.45) is 0 Å². The van der Waals surface area contributed by atoms with Gasteiger partial charge in [-0.25, -0.2) is 0 Å². The van der Waals surface area contributed by atoms with Gasteiger partial charge in [0.15, 0.2) is 0 Å². The van der Waals surface area contributed by atoms with Crippen molar-refractivity contribution in [3.05, 3.63) is 29.3 Å². The molecule has 3 nitrogen and oxygen atoms in total. The standard InChI is InChI=1S/C16H27NO2/c1-12-6-7-13(16(2,3)4)10-15(12)17(5)14(11-19)8-9-18/h6-7,10,14,18-19H,8-9,11H2,1-5H3. The van der Waals surface area contributed by atoms with E-state index in [1.54, 1.807) is 0 Å². The van der Waals surface area contributed by atoms with E-state index in [0.717, 1.165) is 5.69 Å². The Morgan fingerprint density at radius 2 is 1.84 bits per heavy atom. The number of aliphatic hydroxyl groups excluding tert-OH is 2. The van der Waals surface area contributed by atoms with Gasteiger partial charge < -0.3 is 15.1 Å². The fraction of sp³-hybridized carbons (Fsp3) is 0.625. The molecule has 3 heteroatoms. The second-order valence-corrected chi connectivity index (χ2v) is 6.21. The van der Waals surface area contributed by atoms with Crippen LogP contribution in [0.5, 0.6) is 0 Å². The maximum Gasteiger partial charge on any atom is 0.0635 e. The van der Waals surface area contributed by atoms with Crippen molar-refractivity contribution in [3.8, 4) is 0 Å². The zero-order valence-corrected chi connectivity index (χ0v) is 12.8. The number of aryl methyl sites for hydroxylation is 1. The third-order valence-electron chi connectivity index (χ3n) is 3.68. The van der Waals surface area contributed by atoms with E-state index >= 15 is 0 Å². The zero-order valence-electron chi connectivity index (χ0n) is 12.8. The molecule has 2 N–H and O–H groups in total. The van der Waals surface area contributed by atoms with Crippen LogP contribution in [0.3, 0.4) is 0 Å². The lowest BCUT2D eigenvalue weighted by atomic mass is 9.86. The maximum atomic E-state index is 9.46. The maximum absolute atomic E-state index is 9.46. The highest BCUT2D eigenvalue weighted by Gasteiger charge is 2.19. The first-order valence-corrected chi connectivity index (χ1v) is 6.87. The molecule has 0 spiro atoms. The second kappa shape index (κ2) is 6.40. The van der Waals surface area contributed by atoms with Crippen LogP contribution in [0.4, 0.5) is 5.69 Å². The summed E-state index contributed by atoms with van der Waals surface area (Å²) in [6, 6.07) is 6.43. The van der Waals surface area contributed by atoms with Crippen LogP contribution in [-0.2, 0) is 5.41 Å². The Morgan fingerprint density at radius 3 is 2.32 bits per heavy atom. The van der Waals surface area contributed by atoms with E-state index in [1.807, 2.05) is 7.05 Å². The van der Waals surface area contributed by atoms with Crippen LogP contribution < -0.4 is 4.90 Å². The summed E-state index contributed by atoms with van der Waals surface area (Å²) >= 11 is 0. The van der Waals surface area contributed by atoms with Gasteiger partial charge in [-0.3, -0.25) is 0 Å². The molecule has 0 aliphatic rings. The molecule has 0 heterocycles. The molecule has 1 aromatic rings. The summed E-state index contributed by atoms with van der Waals surface area (Å²) in [5.74, 6) is 0. The van der Waals surface area contributed by atoms with E-state index in [4.69, 9.17) is 5.11 Å². The quantitative estimate of drug-likeness (QED) is 0.859. The molecular weight excluding hydrogens is 238 g/mol. The van der Waals surface area contributed by atoms with Gasteiger partial charge in [-0.1, -0.05) is 32.9 Å². The van der Waals surface area contributed by atoms with E-state index in [2.05, 4.69) is 50.8 Å². The third-order valence-corrected chi connectivity index (χ3v) is 3.68. The van der Waals surface area contributed by atoms with Gasteiger partial charge in [-0.2, -0.15) is 0 Å². The van der Waals surface area contributed by atoms with Crippen LogP contribution >= 0.6 is 0 Å². The molecule has 0 aliphatic carbocycles. The Bertz CT molecular complexity index is 410. The molecule has 19 heavy (non-hydrogen) atoms. The zero-order chi connectivity index (χ0) is 14.6. The normalized spacial score (nSPS) is 13.4. The average Bonchev–Trinajstić information content (AvgIpc) is 2.34. The third kappa shape index (κ3) is 3.95. The molecule has 1 rings (SSSR count). The monoisotopic (exact) mass is 265 g/mol. The smallest absolute Gasteiger partial charge is 0.0635 e. The summed E-state index contributed by atoms with van der Waals surface area (Å²) in [5, 5.41) is 18.5. The van der Waals surface area contributed by atoms with E-state index in [0.29, 0.717) is 6.42 Å². The molecule has 1 atom stereocenters. The SMILES string of the molecule is Cc1ccc(C(C)(C)C)cc1N(C)C(CO)CCO. The fourth-order valence-corrected chi connectivity index (χ4v) is 2.21. The molecule has 0 radical (unpaired) electrons. The van der Waals surface area contributed by atoms with Gasteiger partial charge in [0.1, 0.15) is 0 Å². The number of aliphatic hydroxyl groups is 2. The molecule has 108 valence electrons. The molecule has 0 saturated carbocycles. The van der Waals surface area contributed by atoms with Crippen molar-refractivity contribution < 1.29 is 10.2 Å². The van der Waals surface area contributed by atoms with Gasteiger partial charge in [0.2, 0.25) is 0 Å². The Labute approximate surface area is 116 Å². The summed E-state index contributed by atoms with van der Waals surface area (Å²) < 4.78 is 0. The number of hydrogen-bond donors (Lipinski definition) is 2. The van der Waals surface area contributed by atoms with Gasteiger partial charge >= 0.3 is 0 Å². The first-order chi connectivity index (χ1) is 8.81. The lowest BCUT2D eigenvalue weighted by molar-refractivity contribution is 0.218. The predicted molar refractivity (Wildman–Crippen MR) is 80.9 cm³/mol. The molecule has 0 bridgehead atoms. The fourth-order valence-electron chi connectivity index (χ4n) is 2.21. The predicted octanol–water partition coefficient (Wildman–Crippen LogP) is 2.47. The van der Waals surface area contributed by atoms with Gasteiger partial charge in [-0.15, -0.1) is 0 Å². The molecule has 1 aromatic carbocycles. The molecule has 0 saturated heterocycles. The summed E-state index contributed by atoms with van der Waals surface area (Å²) in [6.07, 6.45) is 0.576. The lowest BCUT2D eigenvalue weighted by Crippen LogP contribution is -2.36. The number of rotatable bonds is 5. The largest absolute Gasteiger partial charge is 0.396 e. The highest BCUT2D eigenvalue weighted by atomic mass is 16.3. The van der Waals surface area contributed by atoms with Crippen LogP contribution in [0.15, 0.2) is 18.2 Å². The van der Waals surface area contributed by atoms with E-state index in [1.165, 1.54) is 11.1 Å².